The fourth-order valence-electron chi connectivity index (χ4n) is 4.16. The standard InChI is InChI=1S/C20H24N2O3/c21-15-19(10-4-5-11-19)22-17(23)14-25-18(24)20(12-6-7-13-20)16-8-2-1-3-9-16/h1-3,8-9H,4-7,10-14H2,(H,22,23). The lowest BCUT2D eigenvalue weighted by Crippen LogP contribution is -2.47. The third kappa shape index (κ3) is 3.53. The predicted molar refractivity (Wildman–Crippen MR) is 92.5 cm³/mol. The van der Waals surface area contributed by atoms with Gasteiger partial charge in [-0.3, -0.25) is 9.59 Å². The monoisotopic (exact) mass is 340 g/mol. The van der Waals surface area contributed by atoms with Gasteiger partial charge in [-0.2, -0.15) is 5.26 Å². The molecular formula is C20H24N2O3. The van der Waals surface area contributed by atoms with E-state index in [9.17, 15) is 14.9 Å². The van der Waals surface area contributed by atoms with Crippen LogP contribution in [0.3, 0.4) is 0 Å². The van der Waals surface area contributed by atoms with Crippen LogP contribution in [0.25, 0.3) is 0 Å². The summed E-state index contributed by atoms with van der Waals surface area (Å²) in [6.45, 7) is -0.323. The molecule has 0 aliphatic heterocycles. The second-order valence-electron chi connectivity index (χ2n) is 7.18. The van der Waals surface area contributed by atoms with Crippen LogP contribution in [-0.4, -0.2) is 24.0 Å². The first kappa shape index (κ1) is 17.5. The minimum Gasteiger partial charge on any atom is -0.455 e. The van der Waals surface area contributed by atoms with Crippen molar-refractivity contribution in [3.63, 3.8) is 0 Å². The van der Waals surface area contributed by atoms with Gasteiger partial charge in [0.2, 0.25) is 0 Å². The molecule has 1 N–H and O–H groups in total. The number of nitrogens with zero attached hydrogens (tertiary/aromatic N) is 1. The zero-order chi connectivity index (χ0) is 17.8. The Kier molecular flexibility index (Phi) is 5.08. The SMILES string of the molecule is N#CC1(NC(=O)COC(=O)C2(c3ccccc3)CCCC2)CCCC1. The zero-order valence-corrected chi connectivity index (χ0v) is 14.4. The molecule has 1 aromatic carbocycles. The average Bonchev–Trinajstić information content (AvgIpc) is 3.31. The van der Waals surface area contributed by atoms with Gasteiger partial charge in [0, 0.05) is 0 Å². The third-order valence-corrected chi connectivity index (χ3v) is 5.56. The topological polar surface area (TPSA) is 79.2 Å². The Labute approximate surface area is 148 Å². The van der Waals surface area contributed by atoms with Crippen molar-refractivity contribution in [1.29, 1.82) is 5.26 Å². The van der Waals surface area contributed by atoms with E-state index in [1.54, 1.807) is 0 Å². The van der Waals surface area contributed by atoms with Crippen LogP contribution in [0.2, 0.25) is 0 Å². The van der Waals surface area contributed by atoms with Crippen LogP contribution in [0.15, 0.2) is 30.3 Å². The lowest BCUT2D eigenvalue weighted by atomic mass is 9.79. The molecule has 2 aliphatic carbocycles. The Morgan fingerprint density at radius 2 is 1.64 bits per heavy atom. The second-order valence-corrected chi connectivity index (χ2v) is 7.18. The van der Waals surface area contributed by atoms with E-state index in [0.29, 0.717) is 12.8 Å². The number of rotatable bonds is 5. The molecule has 1 amide bonds. The van der Waals surface area contributed by atoms with Crippen LogP contribution < -0.4 is 5.32 Å². The Bertz CT molecular complexity index is 666. The van der Waals surface area contributed by atoms with Crippen molar-refractivity contribution in [3.8, 4) is 6.07 Å². The number of carbonyl (C=O) groups excluding carboxylic acids is 2. The molecule has 0 unspecified atom stereocenters. The number of hydrogen-bond donors (Lipinski definition) is 1. The van der Waals surface area contributed by atoms with Crippen molar-refractivity contribution in [2.75, 3.05) is 6.61 Å². The van der Waals surface area contributed by atoms with Crippen LogP contribution in [0.1, 0.15) is 56.9 Å². The summed E-state index contributed by atoms with van der Waals surface area (Å²) in [5, 5.41) is 12.1. The lowest BCUT2D eigenvalue weighted by Gasteiger charge is -2.27. The van der Waals surface area contributed by atoms with E-state index >= 15 is 0 Å². The molecule has 5 heteroatoms. The molecule has 2 fully saturated rings. The van der Waals surface area contributed by atoms with Crippen LogP contribution in [0, 0.1) is 11.3 Å². The quantitative estimate of drug-likeness (QED) is 0.836. The number of esters is 1. The smallest absolute Gasteiger partial charge is 0.317 e. The minimum absolute atomic E-state index is 0.323. The van der Waals surface area contributed by atoms with Crippen molar-refractivity contribution >= 4 is 11.9 Å². The summed E-state index contributed by atoms with van der Waals surface area (Å²) in [5.74, 6) is -0.721. The average molecular weight is 340 g/mol. The summed E-state index contributed by atoms with van der Waals surface area (Å²) >= 11 is 0. The first-order valence-corrected chi connectivity index (χ1v) is 9.05. The summed E-state index contributed by atoms with van der Waals surface area (Å²) in [4.78, 5) is 25.0. The Morgan fingerprint density at radius 1 is 1.04 bits per heavy atom. The van der Waals surface area contributed by atoms with Gasteiger partial charge in [-0.25, -0.2) is 0 Å². The van der Waals surface area contributed by atoms with Gasteiger partial charge in [0.1, 0.15) is 5.54 Å². The zero-order valence-electron chi connectivity index (χ0n) is 14.4. The summed E-state index contributed by atoms with van der Waals surface area (Å²) in [7, 11) is 0. The highest BCUT2D eigenvalue weighted by Crippen LogP contribution is 2.42. The van der Waals surface area contributed by atoms with Crippen molar-refractivity contribution in [2.24, 2.45) is 0 Å². The number of carbonyl (C=O) groups is 2. The fraction of sp³-hybridized carbons (Fsp3) is 0.550. The number of amides is 1. The van der Waals surface area contributed by atoms with E-state index in [2.05, 4.69) is 11.4 Å². The number of nitrogens with one attached hydrogen (secondary N) is 1. The second kappa shape index (κ2) is 7.26. The van der Waals surface area contributed by atoms with Gasteiger partial charge in [0.05, 0.1) is 11.5 Å². The summed E-state index contributed by atoms with van der Waals surface area (Å²) in [5.41, 5.74) is -0.460. The Hall–Kier alpha value is -2.35. The number of nitriles is 1. The molecule has 5 nitrogen and oxygen atoms in total. The summed E-state index contributed by atoms with van der Waals surface area (Å²) in [6.07, 6.45) is 6.66. The maximum atomic E-state index is 12.8. The molecular weight excluding hydrogens is 316 g/mol. The fourth-order valence-corrected chi connectivity index (χ4v) is 4.16. The van der Waals surface area contributed by atoms with Crippen molar-refractivity contribution in [1.82, 2.24) is 5.32 Å². The van der Waals surface area contributed by atoms with Crippen molar-refractivity contribution in [2.45, 2.75) is 62.3 Å². The van der Waals surface area contributed by atoms with Gasteiger partial charge in [-0.1, -0.05) is 43.2 Å². The van der Waals surface area contributed by atoms with E-state index < -0.39 is 16.9 Å². The van der Waals surface area contributed by atoms with Crippen LogP contribution in [-0.2, 0) is 19.7 Å². The van der Waals surface area contributed by atoms with Gasteiger partial charge in [-0.15, -0.1) is 0 Å². The van der Waals surface area contributed by atoms with Crippen LogP contribution in [0.5, 0.6) is 0 Å². The largest absolute Gasteiger partial charge is 0.455 e. The Morgan fingerprint density at radius 3 is 2.24 bits per heavy atom. The van der Waals surface area contributed by atoms with E-state index in [1.165, 1.54) is 0 Å². The molecule has 0 saturated heterocycles. The predicted octanol–water partition coefficient (Wildman–Crippen LogP) is 2.99. The normalized spacial score (nSPS) is 20.6. The van der Waals surface area contributed by atoms with Gasteiger partial charge in [-0.05, 0) is 44.1 Å². The number of benzene rings is 1. The number of hydrogen-bond acceptors (Lipinski definition) is 4. The van der Waals surface area contributed by atoms with Crippen LogP contribution in [0.4, 0.5) is 0 Å². The minimum atomic E-state index is -0.784. The molecule has 132 valence electrons. The molecule has 0 aromatic heterocycles. The highest BCUT2D eigenvalue weighted by molar-refractivity contribution is 5.87. The van der Waals surface area contributed by atoms with Gasteiger partial charge in [0.25, 0.3) is 5.91 Å². The molecule has 0 spiro atoms. The molecule has 1 aromatic rings. The molecule has 0 bridgehead atoms. The first-order valence-electron chi connectivity index (χ1n) is 9.05. The molecule has 3 rings (SSSR count). The maximum absolute atomic E-state index is 12.8. The maximum Gasteiger partial charge on any atom is 0.317 e. The highest BCUT2D eigenvalue weighted by Gasteiger charge is 2.44. The highest BCUT2D eigenvalue weighted by atomic mass is 16.5. The van der Waals surface area contributed by atoms with Gasteiger partial charge >= 0.3 is 5.97 Å². The van der Waals surface area contributed by atoms with Crippen LogP contribution >= 0.6 is 0 Å². The molecule has 0 atom stereocenters. The Balaban J connectivity index is 1.63. The number of ether oxygens (including phenoxy) is 1. The molecule has 0 radical (unpaired) electrons. The van der Waals surface area contributed by atoms with E-state index in [-0.39, 0.29) is 12.6 Å². The van der Waals surface area contributed by atoms with Crippen molar-refractivity contribution < 1.29 is 14.3 Å². The van der Waals surface area contributed by atoms with Crippen molar-refractivity contribution in [3.05, 3.63) is 35.9 Å². The molecule has 0 heterocycles. The first-order chi connectivity index (χ1) is 12.1. The molecule has 2 aliphatic rings. The summed E-state index contributed by atoms with van der Waals surface area (Å²) < 4.78 is 5.38. The van der Waals surface area contributed by atoms with E-state index in [1.807, 2.05) is 30.3 Å². The summed E-state index contributed by atoms with van der Waals surface area (Å²) in [6, 6.07) is 11.9. The lowest BCUT2D eigenvalue weighted by molar-refractivity contribution is -0.154. The molecule has 25 heavy (non-hydrogen) atoms. The van der Waals surface area contributed by atoms with Gasteiger partial charge in [0.15, 0.2) is 6.61 Å². The van der Waals surface area contributed by atoms with E-state index in [0.717, 1.165) is 44.1 Å². The molecule has 2 saturated carbocycles. The van der Waals surface area contributed by atoms with E-state index in [4.69, 9.17) is 4.74 Å². The van der Waals surface area contributed by atoms with Gasteiger partial charge < -0.3 is 10.1 Å². The third-order valence-electron chi connectivity index (χ3n) is 5.56.